The minimum atomic E-state index is -0.560. The van der Waals surface area contributed by atoms with Crippen LogP contribution >= 0.6 is 0 Å². The van der Waals surface area contributed by atoms with Crippen molar-refractivity contribution in [1.29, 1.82) is 0 Å². The molecule has 0 unspecified atom stereocenters. The van der Waals surface area contributed by atoms with Gasteiger partial charge in [-0.1, -0.05) is 12.1 Å². The summed E-state index contributed by atoms with van der Waals surface area (Å²) in [6, 6.07) is 9.35. The van der Waals surface area contributed by atoms with E-state index in [4.69, 9.17) is 4.74 Å². The predicted molar refractivity (Wildman–Crippen MR) is 91.0 cm³/mol. The number of nitrogens with zero attached hydrogens (tertiary/aromatic N) is 3. The van der Waals surface area contributed by atoms with E-state index in [0.717, 1.165) is 24.1 Å². The molecule has 1 aromatic heterocycles. The first-order valence-electron chi connectivity index (χ1n) is 8.40. The molecule has 2 fully saturated rings. The standard InChI is InChI=1S/C18H20N4O3/c1-21-11-18(25-17(21)24)8-2-10-22(12-18)16(23)14-5-3-13(4-6-14)15-7-9-19-20-15/h3-7,9H,2,8,10-12H2,1H3,(H,19,20)/t18-/m0/s1. The van der Waals surface area contributed by atoms with Crippen LogP contribution in [0.2, 0.25) is 0 Å². The summed E-state index contributed by atoms with van der Waals surface area (Å²) in [6.45, 7) is 1.67. The molecular formula is C18H20N4O3. The van der Waals surface area contributed by atoms with E-state index in [2.05, 4.69) is 10.2 Å². The number of rotatable bonds is 2. The molecule has 2 saturated heterocycles. The van der Waals surface area contributed by atoms with Crippen LogP contribution in [0.25, 0.3) is 11.3 Å². The van der Waals surface area contributed by atoms with Crippen molar-refractivity contribution in [1.82, 2.24) is 20.0 Å². The number of benzene rings is 1. The fourth-order valence-electron chi connectivity index (χ4n) is 3.67. The van der Waals surface area contributed by atoms with E-state index < -0.39 is 5.60 Å². The third-order valence-corrected chi connectivity index (χ3v) is 4.91. The average Bonchev–Trinajstić information content (AvgIpc) is 3.24. The molecular weight excluding hydrogens is 320 g/mol. The number of carbonyl (C=O) groups is 2. The molecule has 0 saturated carbocycles. The van der Waals surface area contributed by atoms with E-state index in [-0.39, 0.29) is 12.0 Å². The molecule has 7 heteroatoms. The molecule has 2 aliphatic heterocycles. The molecule has 25 heavy (non-hydrogen) atoms. The molecule has 4 rings (SSSR count). The van der Waals surface area contributed by atoms with Crippen LogP contribution in [-0.2, 0) is 4.74 Å². The maximum absolute atomic E-state index is 12.9. The van der Waals surface area contributed by atoms with Crippen molar-refractivity contribution in [2.24, 2.45) is 0 Å². The number of likely N-dealkylation sites (tertiary alicyclic amines) is 1. The van der Waals surface area contributed by atoms with E-state index in [1.165, 1.54) is 0 Å². The lowest BCUT2D eigenvalue weighted by molar-refractivity contribution is -0.00521. The molecule has 130 valence electrons. The van der Waals surface area contributed by atoms with Gasteiger partial charge in [0.2, 0.25) is 0 Å². The fraction of sp³-hybridized carbons (Fsp3) is 0.389. The highest BCUT2D eigenvalue weighted by Gasteiger charge is 2.47. The molecule has 7 nitrogen and oxygen atoms in total. The molecule has 3 heterocycles. The lowest BCUT2D eigenvalue weighted by atomic mass is 9.92. The summed E-state index contributed by atoms with van der Waals surface area (Å²) in [4.78, 5) is 28.0. The van der Waals surface area contributed by atoms with Gasteiger partial charge in [-0.25, -0.2) is 4.79 Å². The minimum absolute atomic E-state index is 0.0270. The number of hydrogen-bond acceptors (Lipinski definition) is 4. The number of carbonyl (C=O) groups excluding carboxylic acids is 2. The van der Waals surface area contributed by atoms with Gasteiger partial charge < -0.3 is 14.5 Å². The third kappa shape index (κ3) is 2.86. The van der Waals surface area contributed by atoms with Gasteiger partial charge in [-0.15, -0.1) is 0 Å². The Balaban J connectivity index is 1.50. The Morgan fingerprint density at radius 3 is 2.68 bits per heavy atom. The Labute approximate surface area is 145 Å². The Hall–Kier alpha value is -2.83. The number of piperidine rings is 1. The van der Waals surface area contributed by atoms with Crippen LogP contribution in [0.3, 0.4) is 0 Å². The van der Waals surface area contributed by atoms with Gasteiger partial charge in [0.15, 0.2) is 0 Å². The number of hydrogen-bond donors (Lipinski definition) is 1. The average molecular weight is 340 g/mol. The van der Waals surface area contributed by atoms with Crippen LogP contribution in [0.5, 0.6) is 0 Å². The topological polar surface area (TPSA) is 78.5 Å². The van der Waals surface area contributed by atoms with Gasteiger partial charge in [-0.2, -0.15) is 5.10 Å². The van der Waals surface area contributed by atoms with Crippen LogP contribution in [0.15, 0.2) is 36.5 Å². The third-order valence-electron chi connectivity index (χ3n) is 4.91. The number of likely N-dealkylation sites (N-methyl/N-ethyl adjacent to an activating group) is 1. The predicted octanol–water partition coefficient (Wildman–Crippen LogP) is 2.13. The van der Waals surface area contributed by atoms with Crippen molar-refractivity contribution < 1.29 is 14.3 Å². The van der Waals surface area contributed by atoms with E-state index in [1.807, 2.05) is 30.3 Å². The summed E-state index contributed by atoms with van der Waals surface area (Å²) >= 11 is 0. The van der Waals surface area contributed by atoms with Gasteiger partial charge in [-0.3, -0.25) is 9.89 Å². The highest BCUT2D eigenvalue weighted by Crippen LogP contribution is 2.32. The summed E-state index contributed by atoms with van der Waals surface area (Å²) < 4.78 is 5.57. The van der Waals surface area contributed by atoms with E-state index in [1.54, 1.807) is 23.0 Å². The second kappa shape index (κ2) is 5.91. The lowest BCUT2D eigenvalue weighted by Gasteiger charge is -2.38. The van der Waals surface area contributed by atoms with Crippen molar-refractivity contribution >= 4 is 12.0 Å². The molecule has 2 aromatic rings. The summed E-state index contributed by atoms with van der Waals surface area (Å²) in [7, 11) is 1.73. The normalized spacial score (nSPS) is 23.2. The molecule has 1 spiro atoms. The first-order chi connectivity index (χ1) is 12.1. The van der Waals surface area contributed by atoms with Crippen molar-refractivity contribution in [3.63, 3.8) is 0 Å². The van der Waals surface area contributed by atoms with Gasteiger partial charge in [0, 0.05) is 25.4 Å². The van der Waals surface area contributed by atoms with Crippen LogP contribution in [-0.4, -0.2) is 64.3 Å². The minimum Gasteiger partial charge on any atom is -0.439 e. The van der Waals surface area contributed by atoms with E-state index >= 15 is 0 Å². The smallest absolute Gasteiger partial charge is 0.410 e. The summed E-state index contributed by atoms with van der Waals surface area (Å²) in [6.07, 6.45) is 3.02. The summed E-state index contributed by atoms with van der Waals surface area (Å²) in [5, 5.41) is 6.85. The molecule has 1 atom stereocenters. The van der Waals surface area contributed by atoms with Gasteiger partial charge in [-0.05, 0) is 36.6 Å². The highest BCUT2D eigenvalue weighted by molar-refractivity contribution is 5.94. The fourth-order valence-corrected chi connectivity index (χ4v) is 3.67. The van der Waals surface area contributed by atoms with E-state index in [9.17, 15) is 9.59 Å². The molecule has 0 bridgehead atoms. The number of H-pyrrole nitrogens is 1. The second-order valence-electron chi connectivity index (χ2n) is 6.78. The monoisotopic (exact) mass is 340 g/mol. The van der Waals surface area contributed by atoms with Crippen molar-refractivity contribution in [3.8, 4) is 11.3 Å². The quantitative estimate of drug-likeness (QED) is 0.908. The van der Waals surface area contributed by atoms with Gasteiger partial charge >= 0.3 is 6.09 Å². The lowest BCUT2D eigenvalue weighted by Crippen LogP contribution is -2.52. The Morgan fingerprint density at radius 2 is 2.04 bits per heavy atom. The number of ether oxygens (including phenoxy) is 1. The molecule has 0 aliphatic carbocycles. The van der Waals surface area contributed by atoms with Crippen molar-refractivity contribution in [2.45, 2.75) is 18.4 Å². The maximum Gasteiger partial charge on any atom is 0.410 e. The summed E-state index contributed by atoms with van der Waals surface area (Å²) in [5.41, 5.74) is 1.97. The first-order valence-corrected chi connectivity index (χ1v) is 8.40. The SMILES string of the molecule is CN1C[C@]2(CCCN(C(=O)c3ccc(-c4ccn[nH]4)cc3)C2)OC1=O. The zero-order valence-corrected chi connectivity index (χ0v) is 14.1. The molecule has 1 N–H and O–H groups in total. The van der Waals surface area contributed by atoms with Gasteiger partial charge in [0.05, 0.1) is 18.8 Å². The van der Waals surface area contributed by atoms with Crippen LogP contribution < -0.4 is 0 Å². The molecule has 1 aromatic carbocycles. The zero-order valence-electron chi connectivity index (χ0n) is 14.1. The maximum atomic E-state index is 12.9. The zero-order chi connectivity index (χ0) is 17.4. The van der Waals surface area contributed by atoms with Crippen molar-refractivity contribution in [3.05, 3.63) is 42.1 Å². The van der Waals surface area contributed by atoms with E-state index in [0.29, 0.717) is 25.2 Å². The largest absolute Gasteiger partial charge is 0.439 e. The van der Waals surface area contributed by atoms with Crippen LogP contribution in [0.4, 0.5) is 4.79 Å². The van der Waals surface area contributed by atoms with Crippen LogP contribution in [0.1, 0.15) is 23.2 Å². The number of aromatic amines is 1. The Kier molecular flexibility index (Phi) is 3.71. The molecule has 2 amide bonds. The van der Waals surface area contributed by atoms with Crippen molar-refractivity contribution in [2.75, 3.05) is 26.7 Å². The van der Waals surface area contributed by atoms with Crippen LogP contribution in [0, 0.1) is 0 Å². The number of amides is 2. The number of aromatic nitrogens is 2. The van der Waals surface area contributed by atoms with Gasteiger partial charge in [0.1, 0.15) is 5.60 Å². The Bertz CT molecular complexity index is 787. The second-order valence-corrected chi connectivity index (χ2v) is 6.78. The van der Waals surface area contributed by atoms with Gasteiger partial charge in [0.25, 0.3) is 5.91 Å². The number of nitrogens with one attached hydrogen (secondary N) is 1. The first kappa shape index (κ1) is 15.7. The highest BCUT2D eigenvalue weighted by atomic mass is 16.6. The molecule has 0 radical (unpaired) electrons. The molecule has 2 aliphatic rings. The summed E-state index contributed by atoms with van der Waals surface area (Å²) in [5.74, 6) is -0.0270. The Morgan fingerprint density at radius 1 is 1.24 bits per heavy atom.